The number of carbonyl (C=O) groups excluding carboxylic acids is 3. The third-order valence-electron chi connectivity index (χ3n) is 2.58. The van der Waals surface area contributed by atoms with Crippen LogP contribution in [-0.2, 0) is 14.3 Å². The maximum atomic E-state index is 11.7. The average Bonchev–Trinajstić information content (AvgIpc) is 2.72. The summed E-state index contributed by atoms with van der Waals surface area (Å²) in [6.45, 7) is 1.51. The van der Waals surface area contributed by atoms with E-state index in [2.05, 4.69) is 10.1 Å². The zero-order valence-corrected chi connectivity index (χ0v) is 12.2. The normalized spacial score (nSPS) is 10.0. The number of hydrogen-bond acceptors (Lipinski definition) is 6. The summed E-state index contributed by atoms with van der Waals surface area (Å²) < 4.78 is 4.60. The third-order valence-corrected chi connectivity index (χ3v) is 3.80. The number of anilines is 1. The van der Waals surface area contributed by atoms with Gasteiger partial charge < -0.3 is 20.9 Å². The molecule has 114 valence electrons. The molecule has 0 radical (unpaired) electrons. The molecule has 0 bridgehead atoms. The molecule has 0 aliphatic carbocycles. The van der Waals surface area contributed by atoms with Crippen LogP contribution >= 0.6 is 11.3 Å². The van der Waals surface area contributed by atoms with Crippen LogP contribution in [0.2, 0.25) is 0 Å². The molecule has 0 aliphatic heterocycles. The largest absolute Gasteiger partial charge is 0.481 e. The van der Waals surface area contributed by atoms with E-state index in [1.54, 1.807) is 0 Å². The average molecular weight is 314 g/mol. The molecule has 1 rings (SSSR count). The number of primary amides is 1. The standard InChI is InChI=1S/C12H14N2O6S/c1-5-8(12(19)20-2)11(21-9(5)10(13)18)14-6(15)3-4-7(16)17/h3-4H2,1-2H3,(H2,13,18)(H,14,15)(H,16,17). The molecule has 0 aromatic carbocycles. The van der Waals surface area contributed by atoms with E-state index in [0.717, 1.165) is 11.3 Å². The first-order valence-electron chi connectivity index (χ1n) is 5.81. The van der Waals surface area contributed by atoms with E-state index in [1.165, 1.54) is 14.0 Å². The number of carboxylic acids is 1. The predicted octanol–water partition coefficient (Wildman–Crippen LogP) is 0.745. The van der Waals surface area contributed by atoms with Crippen LogP contribution in [-0.4, -0.2) is 36.0 Å². The minimum absolute atomic E-state index is 0.0416. The van der Waals surface area contributed by atoms with Crippen molar-refractivity contribution in [2.24, 2.45) is 5.73 Å². The predicted molar refractivity (Wildman–Crippen MR) is 74.4 cm³/mol. The molecule has 0 fully saturated rings. The van der Waals surface area contributed by atoms with Gasteiger partial charge in [-0.3, -0.25) is 14.4 Å². The number of carboxylic acid groups (broad SMARTS) is 1. The van der Waals surface area contributed by atoms with Crippen LogP contribution in [0.3, 0.4) is 0 Å². The highest BCUT2D eigenvalue weighted by Gasteiger charge is 2.25. The van der Waals surface area contributed by atoms with Crippen molar-refractivity contribution in [3.8, 4) is 0 Å². The SMILES string of the molecule is COC(=O)c1c(NC(=O)CCC(=O)O)sc(C(N)=O)c1C. The Morgan fingerprint density at radius 2 is 1.90 bits per heavy atom. The summed E-state index contributed by atoms with van der Waals surface area (Å²) in [6, 6.07) is 0. The number of thiophene rings is 1. The van der Waals surface area contributed by atoms with Gasteiger partial charge in [-0.05, 0) is 12.5 Å². The Balaban J connectivity index is 3.07. The Morgan fingerprint density at radius 1 is 1.29 bits per heavy atom. The Hall–Kier alpha value is -2.42. The molecule has 0 atom stereocenters. The molecule has 8 nitrogen and oxygen atoms in total. The Bertz CT molecular complexity index is 607. The molecule has 21 heavy (non-hydrogen) atoms. The van der Waals surface area contributed by atoms with Crippen molar-refractivity contribution >= 4 is 40.1 Å². The van der Waals surface area contributed by atoms with Gasteiger partial charge in [0.25, 0.3) is 5.91 Å². The highest BCUT2D eigenvalue weighted by Crippen LogP contribution is 2.33. The summed E-state index contributed by atoms with van der Waals surface area (Å²) in [7, 11) is 1.17. The summed E-state index contributed by atoms with van der Waals surface area (Å²) in [5, 5.41) is 11.0. The summed E-state index contributed by atoms with van der Waals surface area (Å²) in [6.07, 6.45) is -0.592. The van der Waals surface area contributed by atoms with Crippen LogP contribution in [0.15, 0.2) is 0 Å². The lowest BCUT2D eigenvalue weighted by Crippen LogP contribution is -2.15. The highest BCUT2D eigenvalue weighted by molar-refractivity contribution is 7.18. The van der Waals surface area contributed by atoms with E-state index in [9.17, 15) is 19.2 Å². The Kier molecular flexibility index (Phi) is 5.42. The van der Waals surface area contributed by atoms with E-state index in [0.29, 0.717) is 5.56 Å². The van der Waals surface area contributed by atoms with Gasteiger partial charge in [-0.2, -0.15) is 0 Å². The van der Waals surface area contributed by atoms with E-state index in [1.807, 2.05) is 0 Å². The maximum absolute atomic E-state index is 11.7. The number of esters is 1. The number of aliphatic carboxylic acids is 1. The second-order valence-electron chi connectivity index (χ2n) is 4.06. The zero-order chi connectivity index (χ0) is 16.2. The van der Waals surface area contributed by atoms with Crippen molar-refractivity contribution in [3.05, 3.63) is 16.0 Å². The second kappa shape index (κ2) is 6.84. The fourth-order valence-electron chi connectivity index (χ4n) is 1.59. The number of nitrogens with two attached hydrogens (primary N) is 1. The summed E-state index contributed by atoms with van der Waals surface area (Å²) in [5.41, 5.74) is 5.55. The fourth-order valence-corrected chi connectivity index (χ4v) is 2.66. The lowest BCUT2D eigenvalue weighted by atomic mass is 10.1. The molecule has 0 saturated carbocycles. The number of nitrogens with one attached hydrogen (secondary N) is 1. The van der Waals surface area contributed by atoms with Crippen molar-refractivity contribution in [2.75, 3.05) is 12.4 Å². The van der Waals surface area contributed by atoms with E-state index >= 15 is 0 Å². The zero-order valence-electron chi connectivity index (χ0n) is 11.4. The molecule has 0 saturated heterocycles. The van der Waals surface area contributed by atoms with Crippen LogP contribution in [0.4, 0.5) is 5.00 Å². The molecule has 1 heterocycles. The lowest BCUT2D eigenvalue weighted by molar-refractivity contribution is -0.138. The molecule has 9 heteroatoms. The van der Waals surface area contributed by atoms with E-state index < -0.39 is 23.8 Å². The molecule has 1 aromatic heterocycles. The molecule has 0 spiro atoms. The Morgan fingerprint density at radius 3 is 2.38 bits per heavy atom. The number of rotatable bonds is 6. The van der Waals surface area contributed by atoms with Crippen LogP contribution < -0.4 is 11.1 Å². The van der Waals surface area contributed by atoms with Crippen LogP contribution in [0, 0.1) is 6.92 Å². The van der Waals surface area contributed by atoms with Crippen LogP contribution in [0.1, 0.15) is 38.4 Å². The molecule has 0 unspecified atom stereocenters. The lowest BCUT2D eigenvalue weighted by Gasteiger charge is -2.05. The van der Waals surface area contributed by atoms with Crippen molar-refractivity contribution in [2.45, 2.75) is 19.8 Å². The summed E-state index contributed by atoms with van der Waals surface area (Å²) in [4.78, 5) is 45.2. The number of hydrogen-bond donors (Lipinski definition) is 3. The van der Waals surface area contributed by atoms with E-state index in [-0.39, 0.29) is 28.3 Å². The molecular formula is C12H14N2O6S. The van der Waals surface area contributed by atoms with Gasteiger partial charge in [0.05, 0.1) is 24.0 Å². The van der Waals surface area contributed by atoms with Gasteiger partial charge >= 0.3 is 11.9 Å². The number of carbonyl (C=O) groups is 4. The number of methoxy groups -OCH3 is 1. The first-order valence-corrected chi connectivity index (χ1v) is 6.62. The van der Waals surface area contributed by atoms with Gasteiger partial charge in [0.1, 0.15) is 5.00 Å². The Labute approximate surface area is 123 Å². The van der Waals surface area contributed by atoms with Crippen molar-refractivity contribution in [3.63, 3.8) is 0 Å². The van der Waals surface area contributed by atoms with Gasteiger partial charge in [-0.1, -0.05) is 0 Å². The van der Waals surface area contributed by atoms with Crippen molar-refractivity contribution < 1.29 is 29.0 Å². The second-order valence-corrected chi connectivity index (χ2v) is 5.08. The first-order chi connectivity index (χ1) is 9.77. The topological polar surface area (TPSA) is 136 Å². The highest BCUT2D eigenvalue weighted by atomic mass is 32.1. The molecule has 2 amide bonds. The fraction of sp³-hybridized carbons (Fsp3) is 0.333. The smallest absolute Gasteiger partial charge is 0.341 e. The van der Waals surface area contributed by atoms with Crippen LogP contribution in [0.25, 0.3) is 0 Å². The molecular weight excluding hydrogens is 300 g/mol. The molecule has 1 aromatic rings. The van der Waals surface area contributed by atoms with E-state index in [4.69, 9.17) is 10.8 Å². The summed E-state index contributed by atoms with van der Waals surface area (Å²) >= 11 is 0.846. The van der Waals surface area contributed by atoms with Crippen molar-refractivity contribution in [1.82, 2.24) is 0 Å². The van der Waals surface area contributed by atoms with Crippen LogP contribution in [0.5, 0.6) is 0 Å². The third kappa shape index (κ3) is 4.02. The summed E-state index contributed by atoms with van der Waals surface area (Å²) in [5.74, 6) is -3.14. The maximum Gasteiger partial charge on any atom is 0.341 e. The minimum atomic E-state index is -1.11. The number of ether oxygens (including phenoxy) is 1. The van der Waals surface area contributed by atoms with Gasteiger partial charge in [0, 0.05) is 6.42 Å². The number of amides is 2. The first kappa shape index (κ1) is 16.6. The van der Waals surface area contributed by atoms with Gasteiger partial charge in [-0.25, -0.2) is 4.79 Å². The quantitative estimate of drug-likeness (QED) is 0.663. The monoisotopic (exact) mass is 314 g/mol. The molecule has 0 aliphatic rings. The van der Waals surface area contributed by atoms with Crippen molar-refractivity contribution in [1.29, 1.82) is 0 Å². The van der Waals surface area contributed by atoms with Gasteiger partial charge in [0.2, 0.25) is 5.91 Å². The van der Waals surface area contributed by atoms with Gasteiger partial charge in [-0.15, -0.1) is 11.3 Å². The molecule has 4 N–H and O–H groups in total. The van der Waals surface area contributed by atoms with Gasteiger partial charge in [0.15, 0.2) is 0 Å². The minimum Gasteiger partial charge on any atom is -0.481 e.